The summed E-state index contributed by atoms with van der Waals surface area (Å²) < 4.78 is 12.2. The number of nitrogens with one attached hydrogen (secondary N) is 1. The van der Waals surface area contributed by atoms with E-state index in [1.807, 2.05) is 20.8 Å². The lowest BCUT2D eigenvalue weighted by Crippen LogP contribution is -2.55. The van der Waals surface area contributed by atoms with Gasteiger partial charge in [-0.05, 0) is 57.8 Å². The van der Waals surface area contributed by atoms with Crippen LogP contribution in [0.3, 0.4) is 0 Å². The quantitative estimate of drug-likeness (QED) is 0.791. The highest BCUT2D eigenvalue weighted by molar-refractivity contribution is 5.80. The van der Waals surface area contributed by atoms with Crippen molar-refractivity contribution < 1.29 is 19.1 Å². The molecule has 2 saturated carbocycles. The molecule has 1 spiro atoms. The monoisotopic (exact) mass is 351 g/mol. The minimum absolute atomic E-state index is 0.0363. The first-order valence-electron chi connectivity index (χ1n) is 9.75. The second-order valence-corrected chi connectivity index (χ2v) is 9.34. The molecule has 1 heterocycles. The molecule has 0 radical (unpaired) electrons. The number of carbonyl (C=O) groups excluding carboxylic acids is 2. The van der Waals surface area contributed by atoms with Gasteiger partial charge in [-0.2, -0.15) is 0 Å². The lowest BCUT2D eigenvalue weighted by molar-refractivity contribution is -0.246. The van der Waals surface area contributed by atoms with Crippen LogP contribution >= 0.6 is 0 Å². The Kier molecular flexibility index (Phi) is 5.02. The normalized spacial score (nSPS) is 37.0. The number of ether oxygens (including phenoxy) is 2. The number of hydrogen-bond donors (Lipinski definition) is 1. The van der Waals surface area contributed by atoms with E-state index in [0.717, 1.165) is 38.4 Å². The zero-order valence-corrected chi connectivity index (χ0v) is 16.1. The van der Waals surface area contributed by atoms with E-state index in [4.69, 9.17) is 9.47 Å². The average Bonchev–Trinajstić information content (AvgIpc) is 3.11. The molecule has 1 aliphatic heterocycles. The van der Waals surface area contributed by atoms with Crippen LogP contribution in [0.1, 0.15) is 66.2 Å². The van der Waals surface area contributed by atoms with Crippen molar-refractivity contribution in [3.05, 3.63) is 0 Å². The summed E-state index contributed by atoms with van der Waals surface area (Å²) in [6, 6.07) is 0. The van der Waals surface area contributed by atoms with Crippen LogP contribution in [-0.4, -0.2) is 36.7 Å². The summed E-state index contributed by atoms with van der Waals surface area (Å²) >= 11 is 0. The van der Waals surface area contributed by atoms with Gasteiger partial charge in [-0.15, -0.1) is 0 Å². The fourth-order valence-corrected chi connectivity index (χ4v) is 5.60. The molecule has 3 aliphatic rings. The lowest BCUT2D eigenvalue weighted by atomic mass is 9.58. The Hall–Kier alpha value is -0.940. The number of fused-ring (bicyclic) bond motifs is 1. The molecular weight excluding hydrogens is 318 g/mol. The van der Waals surface area contributed by atoms with Crippen molar-refractivity contribution in [3.8, 4) is 0 Å². The molecule has 1 N–H and O–H groups in total. The van der Waals surface area contributed by atoms with Gasteiger partial charge >= 0.3 is 0 Å². The highest BCUT2D eigenvalue weighted by Gasteiger charge is 2.62. The van der Waals surface area contributed by atoms with E-state index in [1.54, 1.807) is 0 Å². The zero-order valence-electron chi connectivity index (χ0n) is 16.1. The summed E-state index contributed by atoms with van der Waals surface area (Å²) in [4.78, 5) is 23.9. The summed E-state index contributed by atoms with van der Waals surface area (Å²) in [6.07, 6.45) is 6.00. The van der Waals surface area contributed by atoms with Gasteiger partial charge < -0.3 is 19.6 Å². The highest BCUT2D eigenvalue weighted by atomic mass is 16.7. The van der Waals surface area contributed by atoms with E-state index >= 15 is 0 Å². The van der Waals surface area contributed by atoms with Crippen LogP contribution in [0.2, 0.25) is 0 Å². The largest absolute Gasteiger partial charge is 0.351 e. The molecule has 0 aromatic carbocycles. The van der Waals surface area contributed by atoms with Crippen LogP contribution in [0.4, 0.5) is 0 Å². The van der Waals surface area contributed by atoms with Crippen LogP contribution in [0.25, 0.3) is 0 Å². The average molecular weight is 351 g/mol. The lowest BCUT2D eigenvalue weighted by Gasteiger charge is -2.52. The molecule has 5 nitrogen and oxygen atoms in total. The Morgan fingerprint density at radius 3 is 2.48 bits per heavy atom. The molecule has 0 aromatic rings. The van der Waals surface area contributed by atoms with Crippen LogP contribution < -0.4 is 5.32 Å². The molecule has 4 atom stereocenters. The second-order valence-electron chi connectivity index (χ2n) is 9.34. The maximum atomic E-state index is 12.9. The fraction of sp³-hybridized carbons (Fsp3) is 0.900. The molecule has 3 fully saturated rings. The molecular formula is C20H33NO4. The van der Waals surface area contributed by atoms with Gasteiger partial charge in [0.1, 0.15) is 6.29 Å². The van der Waals surface area contributed by atoms with Gasteiger partial charge in [0.25, 0.3) is 0 Å². The summed E-state index contributed by atoms with van der Waals surface area (Å²) in [6.45, 7) is 9.63. The molecule has 2 aliphatic carbocycles. The van der Waals surface area contributed by atoms with E-state index < -0.39 is 5.79 Å². The predicted molar refractivity (Wildman–Crippen MR) is 94.9 cm³/mol. The molecule has 25 heavy (non-hydrogen) atoms. The van der Waals surface area contributed by atoms with Gasteiger partial charge in [0.15, 0.2) is 5.79 Å². The van der Waals surface area contributed by atoms with Crippen molar-refractivity contribution in [2.24, 2.45) is 23.2 Å². The van der Waals surface area contributed by atoms with E-state index in [0.29, 0.717) is 25.6 Å². The number of aldehydes is 1. The highest BCUT2D eigenvalue weighted by Crippen LogP contribution is 2.62. The van der Waals surface area contributed by atoms with Crippen LogP contribution in [-0.2, 0) is 19.1 Å². The first kappa shape index (κ1) is 18.8. The Balaban J connectivity index is 1.83. The molecule has 5 heteroatoms. The molecule has 1 saturated heterocycles. The van der Waals surface area contributed by atoms with E-state index in [9.17, 15) is 9.59 Å². The third kappa shape index (κ3) is 3.37. The predicted octanol–water partition coefficient (Wildman–Crippen LogP) is 3.07. The van der Waals surface area contributed by atoms with E-state index in [2.05, 4.69) is 12.2 Å². The van der Waals surface area contributed by atoms with Crippen LogP contribution in [0.5, 0.6) is 0 Å². The van der Waals surface area contributed by atoms with Gasteiger partial charge in [-0.25, -0.2) is 0 Å². The number of amides is 1. The van der Waals surface area contributed by atoms with Crippen LogP contribution in [0, 0.1) is 23.2 Å². The standard InChI is InChI=1S/C20H33NO4/c1-18(2,3)21-17(23)16-8-7-14-15(6-5-11-22)20(24-12-13-25-20)10-9-19(14,16)4/h11,14-16H,5-10,12-13H2,1-4H3,(H,21,23)/t14-,15-,16+,19-/m0/s1. The summed E-state index contributed by atoms with van der Waals surface area (Å²) in [5, 5.41) is 3.18. The van der Waals surface area contributed by atoms with Crippen LogP contribution in [0.15, 0.2) is 0 Å². The summed E-state index contributed by atoms with van der Waals surface area (Å²) in [7, 11) is 0. The Morgan fingerprint density at radius 2 is 1.88 bits per heavy atom. The number of rotatable bonds is 4. The number of carbonyl (C=O) groups is 2. The molecule has 0 aromatic heterocycles. The zero-order chi connectivity index (χ0) is 18.3. The van der Waals surface area contributed by atoms with Crippen molar-refractivity contribution in [2.45, 2.75) is 77.5 Å². The van der Waals surface area contributed by atoms with Gasteiger partial charge in [0.05, 0.1) is 13.2 Å². The Bertz CT molecular complexity index is 520. The van der Waals surface area contributed by atoms with Gasteiger partial charge in [-0.1, -0.05) is 6.92 Å². The third-order valence-electron chi connectivity index (χ3n) is 6.66. The van der Waals surface area contributed by atoms with Gasteiger partial charge in [0.2, 0.25) is 5.91 Å². The first-order chi connectivity index (χ1) is 11.7. The molecule has 1 amide bonds. The minimum Gasteiger partial charge on any atom is -0.351 e. The Morgan fingerprint density at radius 1 is 1.20 bits per heavy atom. The summed E-state index contributed by atoms with van der Waals surface area (Å²) in [5.41, 5.74) is -0.251. The van der Waals surface area contributed by atoms with Crippen molar-refractivity contribution in [1.29, 1.82) is 0 Å². The molecule has 142 valence electrons. The van der Waals surface area contributed by atoms with Gasteiger partial charge in [-0.3, -0.25) is 4.79 Å². The first-order valence-corrected chi connectivity index (χ1v) is 9.75. The van der Waals surface area contributed by atoms with Crippen molar-refractivity contribution in [2.75, 3.05) is 13.2 Å². The smallest absolute Gasteiger partial charge is 0.224 e. The maximum Gasteiger partial charge on any atom is 0.224 e. The van der Waals surface area contributed by atoms with Crippen molar-refractivity contribution >= 4 is 12.2 Å². The maximum absolute atomic E-state index is 12.9. The summed E-state index contributed by atoms with van der Waals surface area (Å²) in [5.74, 6) is 0.259. The topological polar surface area (TPSA) is 64.6 Å². The fourth-order valence-electron chi connectivity index (χ4n) is 5.60. The van der Waals surface area contributed by atoms with Crippen molar-refractivity contribution in [1.82, 2.24) is 5.32 Å². The molecule has 0 unspecified atom stereocenters. The van der Waals surface area contributed by atoms with Gasteiger partial charge in [0, 0.05) is 30.2 Å². The number of hydrogen-bond acceptors (Lipinski definition) is 4. The Labute approximate surface area is 151 Å². The minimum atomic E-state index is -0.525. The van der Waals surface area contributed by atoms with Crippen molar-refractivity contribution in [3.63, 3.8) is 0 Å². The van der Waals surface area contributed by atoms with E-state index in [-0.39, 0.29) is 28.7 Å². The van der Waals surface area contributed by atoms with E-state index in [1.165, 1.54) is 0 Å². The molecule has 3 rings (SSSR count). The third-order valence-corrected chi connectivity index (χ3v) is 6.66. The second kappa shape index (κ2) is 6.66. The molecule has 0 bridgehead atoms. The SMILES string of the molecule is CC(C)(C)NC(=O)[C@H]1CC[C@H]2[C@H](CCC=O)C3(CC[C@]12C)OCCO3.